The molecule has 0 radical (unpaired) electrons. The van der Waals surface area contributed by atoms with Gasteiger partial charge < -0.3 is 9.73 Å². The van der Waals surface area contributed by atoms with Crippen molar-refractivity contribution in [3.63, 3.8) is 0 Å². The van der Waals surface area contributed by atoms with Gasteiger partial charge in [-0.2, -0.15) is 4.31 Å². The van der Waals surface area contributed by atoms with Crippen molar-refractivity contribution in [2.75, 3.05) is 13.1 Å². The molecule has 0 atom stereocenters. The van der Waals surface area contributed by atoms with Gasteiger partial charge in [0, 0.05) is 13.1 Å². The van der Waals surface area contributed by atoms with Crippen LogP contribution in [-0.4, -0.2) is 31.7 Å². The van der Waals surface area contributed by atoms with Crippen LogP contribution in [-0.2, 0) is 16.6 Å². The number of nitrogens with one attached hydrogen (secondary N) is 1. The van der Waals surface area contributed by atoms with Gasteiger partial charge in [0.15, 0.2) is 0 Å². The Kier molecular flexibility index (Phi) is 4.32. The summed E-state index contributed by atoms with van der Waals surface area (Å²) in [7, 11) is -3.58. The Hall–Kier alpha value is -1.64. The predicted octanol–water partition coefficient (Wildman–Crippen LogP) is 2.06. The Morgan fingerprint density at radius 2 is 2.09 bits per heavy atom. The number of thiophene rings is 1. The van der Waals surface area contributed by atoms with Crippen LogP contribution in [0.25, 0.3) is 0 Å². The van der Waals surface area contributed by atoms with Gasteiger partial charge in [0.25, 0.3) is 5.91 Å². The second-order valence-electron chi connectivity index (χ2n) is 4.99. The second-order valence-corrected chi connectivity index (χ2v) is 7.81. The fourth-order valence-corrected chi connectivity index (χ4v) is 5.23. The lowest BCUT2D eigenvalue weighted by molar-refractivity contribution is 0.0949. The Morgan fingerprint density at radius 3 is 2.77 bits per heavy atom. The molecule has 1 fully saturated rings. The normalized spacial score (nSPS) is 16.0. The van der Waals surface area contributed by atoms with Crippen LogP contribution in [0.3, 0.4) is 0 Å². The zero-order valence-corrected chi connectivity index (χ0v) is 13.5. The van der Waals surface area contributed by atoms with Crippen molar-refractivity contribution in [2.45, 2.75) is 24.3 Å². The van der Waals surface area contributed by atoms with E-state index in [1.54, 1.807) is 17.5 Å². The molecule has 1 amide bonds. The van der Waals surface area contributed by atoms with E-state index < -0.39 is 15.9 Å². The number of carbonyl (C=O) groups is 1. The van der Waals surface area contributed by atoms with Gasteiger partial charge in [0.05, 0.1) is 12.8 Å². The molecule has 3 rings (SSSR count). The highest BCUT2D eigenvalue weighted by Crippen LogP contribution is 2.27. The molecule has 0 saturated carbocycles. The first-order chi connectivity index (χ1) is 10.6. The summed E-state index contributed by atoms with van der Waals surface area (Å²) in [6.07, 6.45) is 3.25. The molecule has 0 aliphatic carbocycles. The lowest BCUT2D eigenvalue weighted by Gasteiger charge is -2.15. The summed E-state index contributed by atoms with van der Waals surface area (Å²) >= 11 is 1.13. The van der Waals surface area contributed by atoms with Gasteiger partial charge in [-0.25, -0.2) is 8.42 Å². The second kappa shape index (κ2) is 6.23. The van der Waals surface area contributed by atoms with Crippen molar-refractivity contribution in [2.24, 2.45) is 0 Å². The van der Waals surface area contributed by atoms with Crippen molar-refractivity contribution in [3.05, 3.63) is 40.5 Å². The third-order valence-electron chi connectivity index (χ3n) is 3.52. The van der Waals surface area contributed by atoms with Crippen LogP contribution in [0.2, 0.25) is 0 Å². The quantitative estimate of drug-likeness (QED) is 0.903. The zero-order valence-electron chi connectivity index (χ0n) is 11.8. The molecule has 2 aromatic rings. The van der Waals surface area contributed by atoms with Crippen LogP contribution in [0.5, 0.6) is 0 Å². The highest BCUT2D eigenvalue weighted by molar-refractivity contribution is 7.89. The van der Waals surface area contributed by atoms with Gasteiger partial charge in [-0.15, -0.1) is 11.3 Å². The molecular formula is C14H16N2O4S2. The first-order valence-electron chi connectivity index (χ1n) is 6.97. The van der Waals surface area contributed by atoms with Crippen molar-refractivity contribution in [1.82, 2.24) is 9.62 Å². The molecule has 0 unspecified atom stereocenters. The van der Waals surface area contributed by atoms with Crippen molar-refractivity contribution in [1.29, 1.82) is 0 Å². The fourth-order valence-electron chi connectivity index (χ4n) is 2.39. The summed E-state index contributed by atoms with van der Waals surface area (Å²) < 4.78 is 31.8. The lowest BCUT2D eigenvalue weighted by Crippen LogP contribution is -2.30. The van der Waals surface area contributed by atoms with Gasteiger partial charge in [0.2, 0.25) is 10.0 Å². The topological polar surface area (TPSA) is 79.6 Å². The summed E-state index contributed by atoms with van der Waals surface area (Å²) in [4.78, 5) is 12.6. The Bertz CT molecular complexity index is 744. The smallest absolute Gasteiger partial charge is 0.263 e. The monoisotopic (exact) mass is 340 g/mol. The van der Waals surface area contributed by atoms with E-state index in [9.17, 15) is 13.2 Å². The molecule has 118 valence electrons. The SMILES string of the molecule is O=C(NCc1ccco1)c1sccc1S(=O)(=O)N1CCCC1. The van der Waals surface area contributed by atoms with Gasteiger partial charge in [0.1, 0.15) is 15.5 Å². The van der Waals surface area contributed by atoms with Crippen LogP contribution >= 0.6 is 11.3 Å². The van der Waals surface area contributed by atoms with Gasteiger partial charge in [-0.1, -0.05) is 0 Å². The predicted molar refractivity (Wildman–Crippen MR) is 82.2 cm³/mol. The van der Waals surface area contributed by atoms with Crippen molar-refractivity contribution in [3.8, 4) is 0 Å². The van der Waals surface area contributed by atoms with Gasteiger partial charge in [-0.3, -0.25) is 4.79 Å². The molecule has 2 aromatic heterocycles. The average molecular weight is 340 g/mol. The molecule has 6 nitrogen and oxygen atoms in total. The molecule has 1 aliphatic heterocycles. The number of carbonyl (C=O) groups excluding carboxylic acids is 1. The molecule has 1 N–H and O–H groups in total. The molecule has 1 saturated heterocycles. The minimum absolute atomic E-state index is 0.0938. The molecule has 22 heavy (non-hydrogen) atoms. The van der Waals surface area contributed by atoms with Crippen LogP contribution in [0, 0.1) is 0 Å². The van der Waals surface area contributed by atoms with E-state index in [2.05, 4.69) is 5.32 Å². The highest BCUT2D eigenvalue weighted by atomic mass is 32.2. The number of furan rings is 1. The third-order valence-corrected chi connectivity index (χ3v) is 6.50. The van der Waals surface area contributed by atoms with Gasteiger partial charge in [-0.05, 0) is 36.4 Å². The largest absolute Gasteiger partial charge is 0.467 e. The van der Waals surface area contributed by atoms with Crippen molar-refractivity contribution >= 4 is 27.3 Å². The number of amides is 1. The lowest BCUT2D eigenvalue weighted by atomic mass is 10.4. The van der Waals surface area contributed by atoms with E-state index in [1.165, 1.54) is 16.6 Å². The molecule has 1 aliphatic rings. The highest BCUT2D eigenvalue weighted by Gasteiger charge is 2.31. The Labute approximate surface area is 132 Å². The minimum Gasteiger partial charge on any atom is -0.467 e. The van der Waals surface area contributed by atoms with Crippen LogP contribution in [0.15, 0.2) is 39.2 Å². The van der Waals surface area contributed by atoms with Crippen LogP contribution in [0.4, 0.5) is 0 Å². The molecule has 0 spiro atoms. The average Bonchev–Trinajstić information content (AvgIpc) is 3.26. The minimum atomic E-state index is -3.58. The van der Waals surface area contributed by atoms with E-state index >= 15 is 0 Å². The summed E-state index contributed by atoms with van der Waals surface area (Å²) in [6.45, 7) is 1.27. The molecule has 0 bridgehead atoms. The maximum absolute atomic E-state index is 12.6. The molecular weight excluding hydrogens is 324 g/mol. The Balaban J connectivity index is 1.78. The molecule has 0 aromatic carbocycles. The fraction of sp³-hybridized carbons (Fsp3) is 0.357. The number of nitrogens with zero attached hydrogens (tertiary/aromatic N) is 1. The van der Waals surface area contributed by atoms with Crippen LogP contribution < -0.4 is 5.32 Å². The summed E-state index contributed by atoms with van der Waals surface area (Å²) in [5.41, 5.74) is 0. The Morgan fingerprint density at radius 1 is 1.32 bits per heavy atom. The van der Waals surface area contributed by atoms with Gasteiger partial charge >= 0.3 is 0 Å². The number of hydrogen-bond acceptors (Lipinski definition) is 5. The maximum Gasteiger partial charge on any atom is 0.263 e. The first kappa shape index (κ1) is 15.3. The van der Waals surface area contributed by atoms with Crippen LogP contribution in [0.1, 0.15) is 28.3 Å². The molecule has 3 heterocycles. The number of sulfonamides is 1. The summed E-state index contributed by atoms with van der Waals surface area (Å²) in [5.74, 6) is 0.220. The number of hydrogen-bond donors (Lipinski definition) is 1. The zero-order chi connectivity index (χ0) is 15.6. The van der Waals surface area contributed by atoms with Crippen molar-refractivity contribution < 1.29 is 17.6 Å². The number of rotatable bonds is 5. The van der Waals surface area contributed by atoms with E-state index in [4.69, 9.17) is 4.42 Å². The summed E-state index contributed by atoms with van der Waals surface area (Å²) in [5, 5.41) is 4.32. The van der Waals surface area contributed by atoms with E-state index in [1.807, 2.05) is 0 Å². The third kappa shape index (κ3) is 2.94. The van der Waals surface area contributed by atoms with E-state index in [0.717, 1.165) is 24.2 Å². The molecule has 8 heteroatoms. The van der Waals surface area contributed by atoms with E-state index in [-0.39, 0.29) is 16.3 Å². The van der Waals surface area contributed by atoms with E-state index in [0.29, 0.717) is 18.8 Å². The maximum atomic E-state index is 12.6. The summed E-state index contributed by atoms with van der Waals surface area (Å²) in [6, 6.07) is 4.98. The standard InChI is InChI=1S/C14H16N2O4S2/c17-14(15-10-11-4-3-8-20-11)13-12(5-9-21-13)22(18,19)16-6-1-2-7-16/h3-5,8-9H,1-2,6-7,10H2,(H,15,17). The first-order valence-corrected chi connectivity index (χ1v) is 9.29.